The minimum absolute atomic E-state index is 0.0398. The molecular formula is C31H36ClF3N6O4S. The lowest BCUT2D eigenvalue weighted by Gasteiger charge is -2.40. The zero-order valence-corrected chi connectivity index (χ0v) is 27.3. The van der Waals surface area contributed by atoms with Crippen LogP contribution in [0.25, 0.3) is 5.57 Å². The van der Waals surface area contributed by atoms with Crippen LogP contribution in [-0.2, 0) is 35.9 Å². The van der Waals surface area contributed by atoms with E-state index in [-0.39, 0.29) is 49.7 Å². The van der Waals surface area contributed by atoms with E-state index in [4.69, 9.17) is 25.8 Å². The number of piperazine rings is 1. The molecule has 2 N–H and O–H groups in total. The lowest BCUT2D eigenvalue weighted by atomic mass is 9.86. The highest BCUT2D eigenvalue weighted by atomic mass is 35.5. The summed E-state index contributed by atoms with van der Waals surface area (Å²) in [5, 5.41) is 11.0. The van der Waals surface area contributed by atoms with Gasteiger partial charge in [0.15, 0.2) is 5.69 Å². The second-order valence-electron chi connectivity index (χ2n) is 11.7. The monoisotopic (exact) mass is 680 g/mol. The number of amides is 1. The fourth-order valence-electron chi connectivity index (χ4n) is 6.09. The molecule has 4 heterocycles. The normalized spacial score (nSPS) is 19.8. The summed E-state index contributed by atoms with van der Waals surface area (Å²) >= 11 is 7.33. The van der Waals surface area contributed by atoms with Crippen molar-refractivity contribution < 1.29 is 32.2 Å². The van der Waals surface area contributed by atoms with Gasteiger partial charge in [-0.2, -0.15) is 13.2 Å². The number of alkyl halides is 3. The van der Waals surface area contributed by atoms with Crippen molar-refractivity contribution in [3.63, 3.8) is 0 Å². The Balaban J connectivity index is 1.15. The average Bonchev–Trinajstić information content (AvgIpc) is 3.66. The van der Waals surface area contributed by atoms with Crippen LogP contribution < -0.4 is 20.1 Å². The van der Waals surface area contributed by atoms with Crippen molar-refractivity contribution in [2.75, 3.05) is 33.4 Å². The maximum absolute atomic E-state index is 14.4. The smallest absolute Gasteiger partial charge is 0.434 e. The number of methoxy groups -OCH3 is 1. The summed E-state index contributed by atoms with van der Waals surface area (Å²) in [7, 11) is 2.81. The number of hydrogen-bond acceptors (Lipinski definition) is 9. The van der Waals surface area contributed by atoms with Gasteiger partial charge >= 0.3 is 6.18 Å². The maximum Gasteiger partial charge on any atom is 0.434 e. The van der Waals surface area contributed by atoms with Gasteiger partial charge in [-0.15, -0.1) is 16.4 Å². The van der Waals surface area contributed by atoms with Crippen LogP contribution in [0.4, 0.5) is 13.2 Å². The fraction of sp³-hybridized carbons (Fsp3) is 0.516. The van der Waals surface area contributed by atoms with E-state index >= 15 is 0 Å². The van der Waals surface area contributed by atoms with Crippen LogP contribution in [0.5, 0.6) is 11.6 Å². The molecule has 2 fully saturated rings. The Hall–Kier alpha value is -3.17. The van der Waals surface area contributed by atoms with Crippen molar-refractivity contribution >= 4 is 34.4 Å². The van der Waals surface area contributed by atoms with Crippen LogP contribution in [0, 0.1) is 6.92 Å². The molecule has 1 saturated heterocycles. The molecule has 15 heteroatoms. The Bertz CT molecular complexity index is 1620. The highest BCUT2D eigenvalue weighted by Crippen LogP contribution is 2.40. The van der Waals surface area contributed by atoms with Crippen LogP contribution in [0.15, 0.2) is 30.0 Å². The van der Waals surface area contributed by atoms with Gasteiger partial charge in [-0.3, -0.25) is 9.48 Å². The van der Waals surface area contributed by atoms with Crippen molar-refractivity contribution in [1.82, 2.24) is 30.3 Å². The molecule has 248 valence electrons. The first-order valence-corrected chi connectivity index (χ1v) is 16.3. The van der Waals surface area contributed by atoms with Gasteiger partial charge in [-0.25, -0.2) is 4.98 Å². The maximum atomic E-state index is 14.4. The fourth-order valence-corrected chi connectivity index (χ4v) is 7.33. The number of aromatic nitrogens is 3. The van der Waals surface area contributed by atoms with E-state index in [1.807, 2.05) is 24.0 Å². The molecule has 3 aromatic rings. The Labute approximate surface area is 273 Å². The molecule has 3 aliphatic rings. The van der Waals surface area contributed by atoms with Crippen molar-refractivity contribution in [2.45, 2.75) is 63.6 Å². The predicted molar refractivity (Wildman–Crippen MR) is 167 cm³/mol. The summed E-state index contributed by atoms with van der Waals surface area (Å²) in [5.74, 6) is 0.555. The van der Waals surface area contributed by atoms with Crippen LogP contribution in [0.2, 0.25) is 5.02 Å². The predicted octanol–water partition coefficient (Wildman–Crippen LogP) is 4.74. The number of benzene rings is 1. The number of halogens is 4. The zero-order valence-electron chi connectivity index (χ0n) is 25.7. The number of carbonyl (C=O) groups is 1. The van der Waals surface area contributed by atoms with Gasteiger partial charge in [0.2, 0.25) is 0 Å². The number of nitrogens with zero attached hydrogens (tertiary/aromatic N) is 4. The summed E-state index contributed by atoms with van der Waals surface area (Å²) in [6, 6.07) is 6.24. The van der Waals surface area contributed by atoms with Crippen molar-refractivity contribution in [1.29, 1.82) is 0 Å². The summed E-state index contributed by atoms with van der Waals surface area (Å²) in [5.41, 5.74) is 2.83. The number of ether oxygens (including phenoxy) is 3. The van der Waals surface area contributed by atoms with Crippen molar-refractivity contribution in [3.05, 3.63) is 61.7 Å². The number of carbonyl (C=O) groups excluding carboxylic acids is 1. The van der Waals surface area contributed by atoms with E-state index in [2.05, 4.69) is 26.8 Å². The first-order chi connectivity index (χ1) is 22.0. The van der Waals surface area contributed by atoms with Gasteiger partial charge in [0, 0.05) is 50.5 Å². The molecule has 2 atom stereocenters. The van der Waals surface area contributed by atoms with Crippen molar-refractivity contribution in [2.24, 2.45) is 7.05 Å². The number of aryl methyl sites for hydroxylation is 1. The molecule has 2 bridgehead atoms. The average molecular weight is 681 g/mol. The van der Waals surface area contributed by atoms with Gasteiger partial charge < -0.3 is 29.7 Å². The van der Waals surface area contributed by atoms with Crippen LogP contribution in [0.3, 0.4) is 0 Å². The standard InChI is InChI=1S/C31H36ClF3N6O4S/c1-17-18(5-4-6-23(17)43-3)15-41(20-7-8-20)30(42)26-21(11-19-12-36-13-22(26)38-19)24-14-37-25(46-24)16-44-9-10-45-29-27(32)28(31(33,34)35)40(2)39-29/h4-6,14,19-20,22,36,38H,7-13,15-16H2,1-3H3/t19-,22-/m1/s1. The summed E-state index contributed by atoms with van der Waals surface area (Å²) in [6.07, 6.45) is -0.177. The third-order valence-electron chi connectivity index (χ3n) is 8.51. The molecule has 0 spiro atoms. The van der Waals surface area contributed by atoms with E-state index in [9.17, 15) is 18.0 Å². The molecule has 1 aliphatic carbocycles. The first-order valence-electron chi connectivity index (χ1n) is 15.1. The largest absolute Gasteiger partial charge is 0.496 e. The quantitative estimate of drug-likeness (QED) is 0.265. The minimum atomic E-state index is -4.64. The van der Waals surface area contributed by atoms with Gasteiger partial charge in [0.05, 0.1) is 31.2 Å². The van der Waals surface area contributed by atoms with Gasteiger partial charge in [0.1, 0.15) is 22.4 Å². The molecule has 1 aromatic carbocycles. The molecule has 46 heavy (non-hydrogen) atoms. The number of rotatable bonds is 12. The zero-order chi connectivity index (χ0) is 32.6. The van der Waals surface area contributed by atoms with Crippen LogP contribution in [-0.4, -0.2) is 77.1 Å². The molecule has 10 nitrogen and oxygen atoms in total. The van der Waals surface area contributed by atoms with E-state index < -0.39 is 16.9 Å². The van der Waals surface area contributed by atoms with Gasteiger partial charge in [-0.05, 0) is 49.0 Å². The molecule has 0 radical (unpaired) electrons. The Kier molecular flexibility index (Phi) is 9.62. The lowest BCUT2D eigenvalue weighted by Crippen LogP contribution is -2.59. The van der Waals surface area contributed by atoms with E-state index in [0.717, 1.165) is 64.3 Å². The third-order valence-corrected chi connectivity index (χ3v) is 9.88. The summed E-state index contributed by atoms with van der Waals surface area (Å²) < 4.78 is 56.7. The van der Waals surface area contributed by atoms with E-state index in [0.29, 0.717) is 24.2 Å². The van der Waals surface area contributed by atoms with Crippen molar-refractivity contribution in [3.8, 4) is 11.6 Å². The molecule has 1 amide bonds. The topological polar surface area (TPSA) is 103 Å². The number of nitrogens with one attached hydrogen (secondary N) is 2. The Morgan fingerprint density at radius 2 is 2.04 bits per heavy atom. The molecular weight excluding hydrogens is 645 g/mol. The Morgan fingerprint density at radius 1 is 1.24 bits per heavy atom. The third kappa shape index (κ3) is 6.91. The second kappa shape index (κ2) is 13.5. The van der Waals surface area contributed by atoms with E-state index in [1.165, 1.54) is 11.3 Å². The Morgan fingerprint density at radius 3 is 2.76 bits per heavy atom. The summed E-state index contributed by atoms with van der Waals surface area (Å²) in [6.45, 7) is 4.25. The first kappa shape index (κ1) is 32.8. The van der Waals surface area contributed by atoms with Gasteiger partial charge in [0.25, 0.3) is 11.8 Å². The molecule has 6 rings (SSSR count). The molecule has 2 aliphatic heterocycles. The van der Waals surface area contributed by atoms with Crippen LogP contribution in [0.1, 0.15) is 46.0 Å². The molecule has 2 aromatic heterocycles. The lowest BCUT2D eigenvalue weighted by molar-refractivity contribution is -0.143. The highest BCUT2D eigenvalue weighted by molar-refractivity contribution is 7.12. The number of thiazole rings is 1. The number of hydrogen-bond donors (Lipinski definition) is 2. The summed E-state index contributed by atoms with van der Waals surface area (Å²) in [4.78, 5) is 22.0. The second-order valence-corrected chi connectivity index (χ2v) is 13.2. The SMILES string of the molecule is COc1cccc(CN(C(=O)C2=C(c3cnc(COCCOc4nn(C)c(C(F)(F)F)c4Cl)s3)C[C@@H]3CNC[C@H]2N3)C2CC2)c1C. The molecule has 0 unspecified atom stereocenters. The van der Waals surface area contributed by atoms with Gasteiger partial charge in [-0.1, -0.05) is 23.7 Å². The molecule has 1 saturated carbocycles. The number of fused-ring (bicyclic) bond motifs is 2. The van der Waals surface area contributed by atoms with E-state index in [1.54, 1.807) is 13.3 Å². The minimum Gasteiger partial charge on any atom is -0.496 e. The van der Waals surface area contributed by atoms with Crippen LogP contribution >= 0.6 is 22.9 Å². The highest BCUT2D eigenvalue weighted by Gasteiger charge is 2.42.